The number of hydrogen-bond acceptors (Lipinski definition) is 2. The molecule has 0 saturated carbocycles. The maximum Gasteiger partial charge on any atom is 0.454 e. The summed E-state index contributed by atoms with van der Waals surface area (Å²) in [6.07, 6.45) is -4.91. The second kappa shape index (κ2) is 5.31. The van der Waals surface area contributed by atoms with E-state index in [0.29, 0.717) is 0 Å². The molecule has 0 atom stereocenters. The molecule has 0 aromatic heterocycles. The quantitative estimate of drug-likeness (QED) is 0.596. The minimum atomic E-state index is -4.91. The highest BCUT2D eigenvalue weighted by Gasteiger charge is 2.41. The van der Waals surface area contributed by atoms with Crippen molar-refractivity contribution in [1.29, 1.82) is 0 Å². The fourth-order valence-corrected chi connectivity index (χ4v) is 2.52. The summed E-state index contributed by atoms with van der Waals surface area (Å²) in [7, 11) is 0. The molecule has 1 aromatic rings. The number of ketones is 1. The maximum absolute atomic E-state index is 12.4. The number of carbonyl (C=O) groups is 1. The van der Waals surface area contributed by atoms with Gasteiger partial charge in [-0.2, -0.15) is 13.2 Å². The monoisotopic (exact) mass is 282 g/mol. The molecule has 0 aliphatic heterocycles. The van der Waals surface area contributed by atoms with Crippen LogP contribution in [0.1, 0.15) is 24.2 Å². The highest BCUT2D eigenvalue weighted by Crippen LogP contribution is 2.35. The third kappa shape index (κ3) is 3.64. The molecule has 0 aliphatic carbocycles. The molecule has 17 heavy (non-hydrogen) atoms. The molecule has 0 bridgehead atoms. The predicted molar refractivity (Wildman–Crippen MR) is 62.8 cm³/mol. The van der Waals surface area contributed by atoms with Gasteiger partial charge in [-0.05, 0) is 12.1 Å². The fraction of sp³-hybridized carbons (Fsp3) is 0.364. The van der Waals surface area contributed by atoms with Crippen LogP contribution in [0.25, 0.3) is 0 Å². The molecule has 0 heterocycles. The van der Waals surface area contributed by atoms with Crippen LogP contribution < -0.4 is 0 Å². The Morgan fingerprint density at radius 1 is 1.35 bits per heavy atom. The number of alkyl halides is 3. The first-order chi connectivity index (χ1) is 7.73. The number of thioether (sulfide) groups is 1. The molecule has 0 fully saturated rings. The van der Waals surface area contributed by atoms with Crippen LogP contribution in [0.5, 0.6) is 0 Å². The third-order valence-electron chi connectivity index (χ3n) is 1.82. The summed E-state index contributed by atoms with van der Waals surface area (Å²) in [6, 6.07) is 4.28. The van der Waals surface area contributed by atoms with Crippen LogP contribution >= 0.6 is 23.4 Å². The molecule has 1 aromatic carbocycles. The molecule has 6 heteroatoms. The summed E-state index contributed by atoms with van der Waals surface area (Å²) < 4.78 is 37.2. The summed E-state index contributed by atoms with van der Waals surface area (Å²) in [4.78, 5) is 11.5. The van der Waals surface area contributed by atoms with Gasteiger partial charge in [-0.1, -0.05) is 31.5 Å². The molecule has 0 aliphatic rings. The Morgan fingerprint density at radius 3 is 2.41 bits per heavy atom. The smallest absolute Gasteiger partial charge is 0.284 e. The lowest BCUT2D eigenvalue weighted by atomic mass is 10.1. The number of Topliss-reactive ketones (excluding diaryl/α,β-unsaturated/α-hetero) is 1. The minimum absolute atomic E-state index is 0.0632. The Balaban J connectivity index is 3.25. The van der Waals surface area contributed by atoms with E-state index in [-0.39, 0.29) is 15.2 Å². The zero-order valence-corrected chi connectivity index (χ0v) is 10.7. The fourth-order valence-electron chi connectivity index (χ4n) is 1.22. The highest BCUT2D eigenvalue weighted by molar-refractivity contribution is 8.00. The maximum atomic E-state index is 12.4. The van der Waals surface area contributed by atoms with Gasteiger partial charge in [0.1, 0.15) is 0 Å². The largest absolute Gasteiger partial charge is 0.454 e. The zero-order chi connectivity index (χ0) is 13.2. The topological polar surface area (TPSA) is 17.1 Å². The summed E-state index contributed by atoms with van der Waals surface area (Å²) in [5.74, 6) is -1.90. The van der Waals surface area contributed by atoms with Crippen molar-refractivity contribution < 1.29 is 18.0 Å². The molecule has 0 saturated heterocycles. The molecule has 1 rings (SSSR count). The van der Waals surface area contributed by atoms with Gasteiger partial charge >= 0.3 is 6.18 Å². The molecular weight excluding hydrogens is 273 g/mol. The molecule has 0 radical (unpaired) electrons. The van der Waals surface area contributed by atoms with E-state index in [2.05, 4.69) is 0 Å². The van der Waals surface area contributed by atoms with Crippen molar-refractivity contribution in [2.75, 3.05) is 0 Å². The summed E-state index contributed by atoms with van der Waals surface area (Å²) in [5, 5.41) is -0.105. The van der Waals surface area contributed by atoms with Crippen molar-refractivity contribution >= 4 is 29.1 Å². The van der Waals surface area contributed by atoms with Crippen LogP contribution in [0.4, 0.5) is 13.2 Å². The van der Waals surface area contributed by atoms with E-state index in [0.717, 1.165) is 0 Å². The molecule has 94 valence electrons. The second-order valence-electron chi connectivity index (χ2n) is 3.61. The second-order valence-corrected chi connectivity index (χ2v) is 5.63. The Kier molecular flexibility index (Phi) is 4.49. The van der Waals surface area contributed by atoms with Gasteiger partial charge in [-0.15, -0.1) is 11.8 Å². The Hall–Kier alpha value is -0.680. The highest BCUT2D eigenvalue weighted by atomic mass is 35.5. The van der Waals surface area contributed by atoms with E-state index >= 15 is 0 Å². The summed E-state index contributed by atoms with van der Waals surface area (Å²) in [5.41, 5.74) is -0.458. The number of carbonyl (C=O) groups excluding carboxylic acids is 1. The van der Waals surface area contributed by atoms with E-state index < -0.39 is 17.5 Å². The van der Waals surface area contributed by atoms with Crippen molar-refractivity contribution in [1.82, 2.24) is 0 Å². The summed E-state index contributed by atoms with van der Waals surface area (Å²) >= 11 is 6.86. The zero-order valence-electron chi connectivity index (χ0n) is 9.14. The van der Waals surface area contributed by atoms with E-state index in [1.165, 1.54) is 30.0 Å². The predicted octanol–water partition coefficient (Wildman–Crippen LogP) is 4.59. The van der Waals surface area contributed by atoms with Gasteiger partial charge in [0.15, 0.2) is 0 Å². The van der Waals surface area contributed by atoms with Crippen LogP contribution in [0.2, 0.25) is 5.02 Å². The Morgan fingerprint density at radius 2 is 1.94 bits per heavy atom. The van der Waals surface area contributed by atoms with Crippen LogP contribution in [0.3, 0.4) is 0 Å². The van der Waals surface area contributed by atoms with Crippen LogP contribution in [0.15, 0.2) is 23.1 Å². The minimum Gasteiger partial charge on any atom is -0.284 e. The number of benzene rings is 1. The average molecular weight is 283 g/mol. The van der Waals surface area contributed by atoms with Gasteiger partial charge in [0.25, 0.3) is 5.78 Å². The standard InChI is InChI=1S/C11H10ClF3OS/c1-6(2)17-8-5-3-4-7(12)9(8)10(16)11(13,14)15/h3-6H,1-2H3. The van der Waals surface area contributed by atoms with Crippen LogP contribution in [-0.4, -0.2) is 17.2 Å². The van der Waals surface area contributed by atoms with Crippen molar-refractivity contribution in [3.63, 3.8) is 0 Å². The van der Waals surface area contributed by atoms with E-state index in [1.54, 1.807) is 0 Å². The van der Waals surface area contributed by atoms with E-state index in [1.807, 2.05) is 13.8 Å². The van der Waals surface area contributed by atoms with Crippen molar-refractivity contribution in [2.45, 2.75) is 30.2 Å². The van der Waals surface area contributed by atoms with E-state index in [4.69, 9.17) is 11.6 Å². The van der Waals surface area contributed by atoms with Crippen LogP contribution in [0, 0.1) is 0 Å². The lowest BCUT2D eigenvalue weighted by Gasteiger charge is -2.13. The van der Waals surface area contributed by atoms with Gasteiger partial charge in [-0.25, -0.2) is 0 Å². The lowest BCUT2D eigenvalue weighted by molar-refractivity contribution is -0.0887. The molecule has 0 amide bonds. The molecule has 0 N–H and O–H groups in total. The number of halogens is 4. The third-order valence-corrected chi connectivity index (χ3v) is 3.20. The van der Waals surface area contributed by atoms with Gasteiger partial charge in [0.05, 0.1) is 10.6 Å². The number of hydrogen-bond donors (Lipinski definition) is 0. The van der Waals surface area contributed by atoms with Gasteiger partial charge in [0.2, 0.25) is 0 Å². The first-order valence-corrected chi connectivity index (χ1v) is 6.06. The van der Waals surface area contributed by atoms with Crippen LogP contribution in [-0.2, 0) is 0 Å². The van der Waals surface area contributed by atoms with Gasteiger partial charge in [-0.3, -0.25) is 4.79 Å². The molecule has 1 nitrogen and oxygen atoms in total. The summed E-state index contributed by atoms with van der Waals surface area (Å²) in [6.45, 7) is 3.65. The molecular formula is C11H10ClF3OS. The molecule has 0 unspecified atom stereocenters. The van der Waals surface area contributed by atoms with Crippen molar-refractivity contribution in [2.24, 2.45) is 0 Å². The van der Waals surface area contributed by atoms with Gasteiger partial charge in [0, 0.05) is 10.1 Å². The normalized spacial score (nSPS) is 11.9. The SMILES string of the molecule is CC(C)Sc1cccc(Cl)c1C(=O)C(F)(F)F. The Bertz CT molecular complexity index is 429. The molecule has 0 spiro atoms. The number of rotatable bonds is 3. The van der Waals surface area contributed by atoms with E-state index in [9.17, 15) is 18.0 Å². The first-order valence-electron chi connectivity index (χ1n) is 4.80. The lowest BCUT2D eigenvalue weighted by Crippen LogP contribution is -2.23. The van der Waals surface area contributed by atoms with Crippen molar-refractivity contribution in [3.05, 3.63) is 28.8 Å². The Labute approximate surface area is 106 Å². The average Bonchev–Trinajstić information content (AvgIpc) is 2.14. The first kappa shape index (κ1) is 14.4. The van der Waals surface area contributed by atoms with Crippen molar-refractivity contribution in [3.8, 4) is 0 Å². The van der Waals surface area contributed by atoms with Gasteiger partial charge < -0.3 is 0 Å².